The van der Waals surface area contributed by atoms with Crippen LogP contribution in [0.1, 0.15) is 57.4 Å². The number of halogens is 1. The lowest BCUT2D eigenvalue weighted by Crippen LogP contribution is -3.00. The van der Waals surface area contributed by atoms with Crippen LogP contribution in [0.4, 0.5) is 5.95 Å². The lowest BCUT2D eigenvalue weighted by Gasteiger charge is -2.28. The SMILES string of the molecule is CCCCCCCCCN1c2nccc[n+]2CC1(O)c1ccccc1.[Br-]. The zero-order chi connectivity index (χ0) is 17.5. The summed E-state index contributed by atoms with van der Waals surface area (Å²) in [6, 6.07) is 11.9. The van der Waals surface area contributed by atoms with E-state index < -0.39 is 5.72 Å². The van der Waals surface area contributed by atoms with Gasteiger partial charge in [0.2, 0.25) is 5.72 Å². The van der Waals surface area contributed by atoms with Crippen molar-refractivity contribution in [3.63, 3.8) is 0 Å². The highest BCUT2D eigenvalue weighted by Crippen LogP contribution is 2.33. The molecule has 4 nitrogen and oxygen atoms in total. The van der Waals surface area contributed by atoms with Crippen LogP contribution in [0.2, 0.25) is 0 Å². The maximum absolute atomic E-state index is 11.5. The monoisotopic (exact) mass is 419 g/mol. The molecule has 3 rings (SSSR count). The summed E-state index contributed by atoms with van der Waals surface area (Å²) < 4.78 is 2.05. The Hall–Kier alpha value is -1.46. The number of unbranched alkanes of at least 4 members (excludes halogenated alkanes) is 6. The molecule has 0 amide bonds. The predicted octanol–water partition coefficient (Wildman–Crippen LogP) is 0.789. The van der Waals surface area contributed by atoms with Crippen LogP contribution < -0.4 is 26.4 Å². The van der Waals surface area contributed by atoms with Gasteiger partial charge >= 0.3 is 5.95 Å². The number of anilines is 1. The van der Waals surface area contributed by atoms with Gasteiger partial charge in [0, 0.05) is 11.6 Å². The molecule has 26 heavy (non-hydrogen) atoms. The van der Waals surface area contributed by atoms with Crippen LogP contribution >= 0.6 is 0 Å². The first-order valence-corrected chi connectivity index (χ1v) is 9.65. The lowest BCUT2D eigenvalue weighted by molar-refractivity contribution is -0.685. The van der Waals surface area contributed by atoms with E-state index in [0.29, 0.717) is 6.54 Å². The van der Waals surface area contributed by atoms with Crippen molar-refractivity contribution in [2.24, 2.45) is 0 Å². The highest BCUT2D eigenvalue weighted by molar-refractivity contribution is 5.37. The topological polar surface area (TPSA) is 40.2 Å². The Morgan fingerprint density at radius 3 is 2.46 bits per heavy atom. The molecule has 1 atom stereocenters. The molecule has 0 spiro atoms. The standard InChI is InChI=1S/C21H30N3O.BrH/c1-2-3-4-5-6-7-11-17-24-20-22-15-12-16-23(20)18-21(24,25)19-13-9-8-10-14-19;/h8-10,12-16,25H,2-7,11,17-18H2,1H3;1H/q+1;/p-1. The van der Waals surface area contributed by atoms with Crippen molar-refractivity contribution in [2.75, 3.05) is 11.4 Å². The molecule has 1 N–H and O–H groups in total. The quantitative estimate of drug-likeness (QED) is 0.482. The molecule has 0 fully saturated rings. The van der Waals surface area contributed by atoms with Crippen LogP contribution in [-0.4, -0.2) is 16.6 Å². The van der Waals surface area contributed by atoms with Gasteiger partial charge in [0.05, 0.1) is 12.7 Å². The molecular formula is C21H30BrN3O. The molecule has 1 aliphatic rings. The van der Waals surface area contributed by atoms with Crippen molar-refractivity contribution in [1.82, 2.24) is 4.98 Å². The average molecular weight is 420 g/mol. The molecule has 2 aromatic rings. The van der Waals surface area contributed by atoms with Gasteiger partial charge in [-0.25, -0.2) is 9.47 Å². The van der Waals surface area contributed by atoms with Crippen LogP contribution in [-0.2, 0) is 12.3 Å². The number of aliphatic hydroxyl groups is 1. The Bertz CT molecular complexity index is 667. The predicted molar refractivity (Wildman–Crippen MR) is 100 cm³/mol. The van der Waals surface area contributed by atoms with E-state index in [9.17, 15) is 5.11 Å². The van der Waals surface area contributed by atoms with E-state index in [0.717, 1.165) is 24.5 Å². The largest absolute Gasteiger partial charge is 1.00 e. The normalized spacial score (nSPS) is 18.5. The van der Waals surface area contributed by atoms with Gasteiger partial charge in [0.15, 0.2) is 0 Å². The third-order valence-corrected chi connectivity index (χ3v) is 5.10. The second-order valence-electron chi connectivity index (χ2n) is 7.00. The molecule has 142 valence electrons. The molecule has 0 radical (unpaired) electrons. The minimum atomic E-state index is -1.01. The summed E-state index contributed by atoms with van der Waals surface area (Å²) in [5.41, 5.74) is -0.0754. The molecule has 1 aromatic heterocycles. The van der Waals surface area contributed by atoms with Crippen LogP contribution in [0, 0.1) is 0 Å². The Morgan fingerprint density at radius 2 is 1.73 bits per heavy atom. The van der Waals surface area contributed by atoms with Gasteiger partial charge in [-0.3, -0.25) is 0 Å². The first kappa shape index (κ1) is 20.8. The zero-order valence-electron chi connectivity index (χ0n) is 15.6. The third-order valence-electron chi connectivity index (χ3n) is 5.10. The van der Waals surface area contributed by atoms with E-state index in [1.807, 2.05) is 47.2 Å². The smallest absolute Gasteiger partial charge is 0.396 e. The van der Waals surface area contributed by atoms with Crippen molar-refractivity contribution < 1.29 is 26.7 Å². The fraction of sp³-hybridized carbons (Fsp3) is 0.524. The van der Waals surface area contributed by atoms with Crippen LogP contribution in [0.3, 0.4) is 0 Å². The molecule has 1 unspecified atom stereocenters. The molecule has 1 aromatic carbocycles. The van der Waals surface area contributed by atoms with Crippen molar-refractivity contribution in [3.8, 4) is 0 Å². The summed E-state index contributed by atoms with van der Waals surface area (Å²) in [7, 11) is 0. The summed E-state index contributed by atoms with van der Waals surface area (Å²) in [6.45, 7) is 3.60. The highest BCUT2D eigenvalue weighted by Gasteiger charge is 2.50. The van der Waals surface area contributed by atoms with Crippen molar-refractivity contribution in [3.05, 3.63) is 54.4 Å². The average Bonchev–Trinajstić information content (AvgIpc) is 2.94. The van der Waals surface area contributed by atoms with Gasteiger partial charge in [-0.1, -0.05) is 80.8 Å². The fourth-order valence-electron chi connectivity index (χ4n) is 3.69. The van der Waals surface area contributed by atoms with Gasteiger partial charge in [-0.15, -0.1) is 0 Å². The molecule has 0 aliphatic carbocycles. The number of fused-ring (bicyclic) bond motifs is 1. The minimum absolute atomic E-state index is 0. The van der Waals surface area contributed by atoms with E-state index in [4.69, 9.17) is 0 Å². The minimum Gasteiger partial charge on any atom is -1.00 e. The number of hydrogen-bond acceptors (Lipinski definition) is 3. The van der Waals surface area contributed by atoms with Gasteiger partial charge in [-0.2, -0.15) is 0 Å². The lowest BCUT2D eigenvalue weighted by atomic mass is 10.0. The van der Waals surface area contributed by atoms with Crippen LogP contribution in [0.5, 0.6) is 0 Å². The second-order valence-corrected chi connectivity index (χ2v) is 7.00. The van der Waals surface area contributed by atoms with Gasteiger partial charge in [0.1, 0.15) is 12.7 Å². The zero-order valence-corrected chi connectivity index (χ0v) is 17.2. The summed E-state index contributed by atoms with van der Waals surface area (Å²) in [4.78, 5) is 6.61. The van der Waals surface area contributed by atoms with E-state index in [1.54, 1.807) is 6.20 Å². The molecular weight excluding hydrogens is 390 g/mol. The van der Waals surface area contributed by atoms with E-state index in [-0.39, 0.29) is 17.0 Å². The van der Waals surface area contributed by atoms with E-state index in [2.05, 4.69) is 16.8 Å². The maximum Gasteiger partial charge on any atom is 0.396 e. The van der Waals surface area contributed by atoms with Crippen molar-refractivity contribution in [1.29, 1.82) is 0 Å². The van der Waals surface area contributed by atoms with Gasteiger partial charge in [0.25, 0.3) is 0 Å². The molecule has 0 saturated carbocycles. The summed E-state index contributed by atoms with van der Waals surface area (Å²) in [5.74, 6) is 0.861. The molecule has 5 heteroatoms. The van der Waals surface area contributed by atoms with Crippen LogP contribution in [0.25, 0.3) is 0 Å². The number of nitrogens with zero attached hydrogens (tertiary/aromatic N) is 3. The van der Waals surface area contributed by atoms with Crippen molar-refractivity contribution in [2.45, 2.75) is 64.1 Å². The number of rotatable bonds is 9. The van der Waals surface area contributed by atoms with Gasteiger partial charge in [-0.05, 0) is 6.42 Å². The molecule has 0 bridgehead atoms. The van der Waals surface area contributed by atoms with E-state index in [1.165, 1.54) is 38.5 Å². The number of benzene rings is 1. The van der Waals surface area contributed by atoms with Gasteiger partial charge < -0.3 is 22.1 Å². The third kappa shape index (κ3) is 4.63. The maximum atomic E-state index is 11.5. The summed E-state index contributed by atoms with van der Waals surface area (Å²) in [5, 5.41) is 11.5. The second kappa shape index (κ2) is 10.0. The number of aromatic nitrogens is 2. The van der Waals surface area contributed by atoms with E-state index >= 15 is 0 Å². The summed E-state index contributed by atoms with van der Waals surface area (Å²) in [6.07, 6.45) is 12.7. The first-order chi connectivity index (χ1) is 12.3. The fourth-order valence-corrected chi connectivity index (χ4v) is 3.69. The molecule has 2 heterocycles. The van der Waals surface area contributed by atoms with Crippen LogP contribution in [0.15, 0.2) is 48.8 Å². The molecule has 1 aliphatic heterocycles. The van der Waals surface area contributed by atoms with Crippen molar-refractivity contribution >= 4 is 5.95 Å². The molecule has 0 saturated heterocycles. The Labute approximate surface area is 167 Å². The summed E-state index contributed by atoms with van der Waals surface area (Å²) >= 11 is 0. The Kier molecular flexibility index (Phi) is 8.04. The highest BCUT2D eigenvalue weighted by atomic mass is 79.9. The Balaban J connectivity index is 0.00000243. The number of hydrogen-bond donors (Lipinski definition) is 1. The Morgan fingerprint density at radius 1 is 1.04 bits per heavy atom. The first-order valence-electron chi connectivity index (χ1n) is 9.65.